The van der Waals surface area contributed by atoms with Gasteiger partial charge in [0.15, 0.2) is 11.3 Å². The number of nitrogens with one attached hydrogen (secondary N) is 1. The number of alkyl carbamates (subject to hydrolysis) is 1. The number of aromatic nitrogens is 4. The predicted molar refractivity (Wildman–Crippen MR) is 178 cm³/mol. The number of ether oxygens (including phenoxy) is 1. The first-order valence-electron chi connectivity index (χ1n) is 16.5. The van der Waals surface area contributed by atoms with Gasteiger partial charge in [-0.25, -0.2) is 14.8 Å². The van der Waals surface area contributed by atoms with Gasteiger partial charge in [-0.1, -0.05) is 73.9 Å². The number of likely N-dealkylation sites (tertiary alicyclic amines) is 1. The maximum atomic E-state index is 12.6. The molecular formula is C37H42N6O2. The van der Waals surface area contributed by atoms with Crippen molar-refractivity contribution in [3.63, 3.8) is 0 Å². The number of rotatable bonds is 7. The van der Waals surface area contributed by atoms with Crippen molar-refractivity contribution < 1.29 is 9.53 Å². The summed E-state index contributed by atoms with van der Waals surface area (Å²) in [7, 11) is 0. The number of aryl methyl sites for hydroxylation is 1. The second-order valence-electron chi connectivity index (χ2n) is 12.9. The van der Waals surface area contributed by atoms with Crippen LogP contribution in [0.4, 0.5) is 4.79 Å². The van der Waals surface area contributed by atoms with E-state index in [0.717, 1.165) is 77.2 Å². The Morgan fingerprint density at radius 3 is 2.47 bits per heavy atom. The quantitative estimate of drug-likeness (QED) is 0.207. The number of benzene rings is 2. The highest BCUT2D eigenvalue weighted by Gasteiger charge is 2.26. The molecule has 1 saturated carbocycles. The minimum Gasteiger partial charge on any atom is -0.446 e. The van der Waals surface area contributed by atoms with Gasteiger partial charge in [-0.15, -0.1) is 0 Å². The van der Waals surface area contributed by atoms with Crippen LogP contribution in [0.25, 0.3) is 39.1 Å². The number of hydrogen-bond donors (Lipinski definition) is 1. The molecule has 1 saturated heterocycles. The van der Waals surface area contributed by atoms with E-state index in [1.165, 1.54) is 37.7 Å². The Balaban J connectivity index is 1.02. The summed E-state index contributed by atoms with van der Waals surface area (Å²) in [6.07, 6.45) is 9.63. The molecular weight excluding hydrogens is 560 g/mol. The number of carbonyl (C=O) groups is 1. The van der Waals surface area contributed by atoms with E-state index in [2.05, 4.69) is 81.8 Å². The van der Waals surface area contributed by atoms with Crippen LogP contribution < -0.4 is 5.32 Å². The monoisotopic (exact) mass is 602 g/mol. The Morgan fingerprint density at radius 1 is 0.956 bits per heavy atom. The van der Waals surface area contributed by atoms with E-state index < -0.39 is 0 Å². The molecule has 8 nitrogen and oxygen atoms in total. The maximum absolute atomic E-state index is 12.6. The largest absolute Gasteiger partial charge is 0.446 e. The van der Waals surface area contributed by atoms with Crippen molar-refractivity contribution in [2.75, 3.05) is 13.1 Å². The Morgan fingerprint density at radius 2 is 1.71 bits per heavy atom. The first kappa shape index (κ1) is 29.4. The van der Waals surface area contributed by atoms with Gasteiger partial charge < -0.3 is 10.1 Å². The Kier molecular flexibility index (Phi) is 8.48. The van der Waals surface area contributed by atoms with Crippen LogP contribution in [0.15, 0.2) is 72.9 Å². The van der Waals surface area contributed by atoms with Crippen molar-refractivity contribution in [1.29, 1.82) is 0 Å². The van der Waals surface area contributed by atoms with E-state index in [1.54, 1.807) is 0 Å². The number of nitrogens with zero attached hydrogens (tertiary/aromatic N) is 5. The molecule has 0 spiro atoms. The summed E-state index contributed by atoms with van der Waals surface area (Å²) in [5.41, 5.74) is 7.94. The lowest BCUT2D eigenvalue weighted by molar-refractivity contribution is 0.0456. The lowest BCUT2D eigenvalue weighted by Crippen LogP contribution is -2.43. The minimum atomic E-state index is -0.251. The van der Waals surface area contributed by atoms with Crippen LogP contribution in [0, 0.1) is 12.8 Å². The topological polar surface area (TPSA) is 84.7 Å². The molecule has 1 N–H and O–H groups in total. The summed E-state index contributed by atoms with van der Waals surface area (Å²) in [5.74, 6) is 0.579. The van der Waals surface area contributed by atoms with E-state index in [-0.39, 0.29) is 18.2 Å². The van der Waals surface area contributed by atoms with Crippen molar-refractivity contribution in [2.45, 2.75) is 77.5 Å². The van der Waals surface area contributed by atoms with Gasteiger partial charge >= 0.3 is 6.09 Å². The molecule has 2 aromatic carbocycles. The van der Waals surface area contributed by atoms with Crippen molar-refractivity contribution in [3.05, 3.63) is 84.2 Å². The second-order valence-corrected chi connectivity index (χ2v) is 12.9. The Bertz CT molecular complexity index is 1770. The van der Waals surface area contributed by atoms with E-state index in [1.807, 2.05) is 29.8 Å². The van der Waals surface area contributed by atoms with Gasteiger partial charge in [-0.05, 0) is 62.6 Å². The molecule has 2 aliphatic rings. The second kappa shape index (κ2) is 13.0. The highest BCUT2D eigenvalue weighted by Crippen LogP contribution is 2.34. The van der Waals surface area contributed by atoms with Gasteiger partial charge in [0, 0.05) is 54.5 Å². The van der Waals surface area contributed by atoms with E-state index in [0.29, 0.717) is 5.92 Å². The first-order valence-corrected chi connectivity index (χ1v) is 16.5. The van der Waals surface area contributed by atoms with Crippen LogP contribution in [0.2, 0.25) is 0 Å². The molecule has 45 heavy (non-hydrogen) atoms. The van der Waals surface area contributed by atoms with E-state index in [4.69, 9.17) is 9.72 Å². The SMILES string of the molecule is Cc1cc2ncc3cc(-c4ccccc4)c(-c4ccc(CN5CCC(OC(=O)N[C@@H](C)C6CCCCC6)CC5)cc4)nc3n2n1. The molecule has 5 aromatic rings. The summed E-state index contributed by atoms with van der Waals surface area (Å²) >= 11 is 0. The van der Waals surface area contributed by atoms with Gasteiger partial charge in [0.2, 0.25) is 0 Å². The molecule has 3 aromatic heterocycles. The number of piperidine rings is 1. The van der Waals surface area contributed by atoms with Crippen molar-refractivity contribution in [1.82, 2.24) is 29.8 Å². The summed E-state index contributed by atoms with van der Waals surface area (Å²) in [5, 5.41) is 8.73. The molecule has 1 aliphatic carbocycles. The van der Waals surface area contributed by atoms with Crippen LogP contribution in [0.1, 0.15) is 63.1 Å². The number of carbonyl (C=O) groups excluding carboxylic acids is 1. The van der Waals surface area contributed by atoms with Gasteiger partial charge in [0.1, 0.15) is 6.10 Å². The number of hydrogen-bond acceptors (Lipinski definition) is 6. The fourth-order valence-corrected chi connectivity index (χ4v) is 7.05. The fraction of sp³-hybridized carbons (Fsp3) is 0.405. The zero-order valence-corrected chi connectivity index (χ0v) is 26.3. The standard InChI is InChI=1S/C37H42N6O2/c1-25-21-34-38-23-31-22-33(29-11-7-4-8-12-29)35(40-36(31)43(34)41-25)30-15-13-27(14-16-30)24-42-19-17-32(18-20-42)45-37(44)39-26(2)28-9-5-3-6-10-28/h4,7-8,11-16,21-23,26,28,32H,3,5-6,9-10,17-20,24H2,1-2H3,(H,39,44)/t26-/m0/s1. The predicted octanol–water partition coefficient (Wildman–Crippen LogP) is 7.58. The zero-order chi connectivity index (χ0) is 30.8. The molecule has 7 rings (SSSR count). The van der Waals surface area contributed by atoms with Crippen molar-refractivity contribution in [3.8, 4) is 22.4 Å². The lowest BCUT2D eigenvalue weighted by atomic mass is 9.85. The zero-order valence-electron chi connectivity index (χ0n) is 26.3. The normalized spacial score (nSPS) is 17.5. The van der Waals surface area contributed by atoms with Crippen molar-refractivity contribution >= 4 is 22.8 Å². The van der Waals surface area contributed by atoms with Gasteiger partial charge in [-0.3, -0.25) is 4.90 Å². The van der Waals surface area contributed by atoms with Crippen molar-refractivity contribution in [2.24, 2.45) is 5.92 Å². The smallest absolute Gasteiger partial charge is 0.407 e. The van der Waals surface area contributed by atoms with Gasteiger partial charge in [0.25, 0.3) is 0 Å². The number of fused-ring (bicyclic) bond motifs is 3. The molecule has 1 amide bonds. The third-order valence-corrected chi connectivity index (χ3v) is 9.61. The van der Waals surface area contributed by atoms with Crippen LogP contribution in [-0.2, 0) is 11.3 Å². The average Bonchev–Trinajstić information content (AvgIpc) is 3.47. The molecule has 8 heteroatoms. The summed E-state index contributed by atoms with van der Waals surface area (Å²) in [6.45, 7) is 6.79. The van der Waals surface area contributed by atoms with Crippen LogP contribution in [0.3, 0.4) is 0 Å². The average molecular weight is 603 g/mol. The molecule has 0 radical (unpaired) electrons. The molecule has 2 fully saturated rings. The molecule has 232 valence electrons. The van der Waals surface area contributed by atoms with Crippen LogP contribution in [0.5, 0.6) is 0 Å². The summed E-state index contributed by atoms with van der Waals surface area (Å²) < 4.78 is 7.67. The molecule has 0 unspecified atom stereocenters. The van der Waals surface area contributed by atoms with Crippen LogP contribution in [-0.4, -0.2) is 55.8 Å². The van der Waals surface area contributed by atoms with E-state index >= 15 is 0 Å². The van der Waals surface area contributed by atoms with Gasteiger partial charge in [0.05, 0.1) is 11.4 Å². The maximum Gasteiger partial charge on any atom is 0.407 e. The molecule has 4 heterocycles. The van der Waals surface area contributed by atoms with Gasteiger partial charge in [-0.2, -0.15) is 9.61 Å². The molecule has 1 aliphatic heterocycles. The molecule has 0 bridgehead atoms. The molecule has 1 atom stereocenters. The third-order valence-electron chi connectivity index (χ3n) is 9.61. The minimum absolute atomic E-state index is 0.0159. The lowest BCUT2D eigenvalue weighted by Gasteiger charge is -2.32. The summed E-state index contributed by atoms with van der Waals surface area (Å²) in [4.78, 5) is 24.8. The number of pyridine rings is 1. The summed E-state index contributed by atoms with van der Waals surface area (Å²) in [6, 6.07) is 23.5. The van der Waals surface area contributed by atoms with Crippen LogP contribution >= 0.6 is 0 Å². The Labute approximate surface area is 264 Å². The number of amides is 1. The third kappa shape index (κ3) is 6.57. The highest BCUT2D eigenvalue weighted by molar-refractivity contribution is 5.90. The van der Waals surface area contributed by atoms with E-state index in [9.17, 15) is 4.79 Å². The first-order chi connectivity index (χ1) is 22.0. The fourth-order valence-electron chi connectivity index (χ4n) is 7.05. The highest BCUT2D eigenvalue weighted by atomic mass is 16.6. The Hall–Kier alpha value is -4.30.